The average Bonchev–Trinajstić information content (AvgIpc) is 3.42. The van der Waals surface area contributed by atoms with Crippen LogP contribution in [0.3, 0.4) is 0 Å². The number of nitrogens with zero attached hydrogens (tertiary/aromatic N) is 2. The highest BCUT2D eigenvalue weighted by atomic mass is 19.2. The highest BCUT2D eigenvalue weighted by molar-refractivity contribution is 5.89. The summed E-state index contributed by atoms with van der Waals surface area (Å²) in [4.78, 5) is 29.7. The number of aromatic nitrogens is 1. The van der Waals surface area contributed by atoms with Gasteiger partial charge in [-0.15, -0.1) is 0 Å². The molecule has 5 N–H and O–H groups in total. The first-order valence-electron chi connectivity index (χ1n) is 10.4. The number of carbonyl (C=O) groups is 2. The van der Waals surface area contributed by atoms with Gasteiger partial charge >= 0.3 is 6.09 Å². The third-order valence-corrected chi connectivity index (χ3v) is 5.62. The van der Waals surface area contributed by atoms with Crippen molar-refractivity contribution >= 4 is 28.6 Å². The molecule has 2 unspecified atom stereocenters. The van der Waals surface area contributed by atoms with E-state index in [2.05, 4.69) is 22.1 Å². The molecule has 2 aromatic carbocycles. The van der Waals surface area contributed by atoms with Gasteiger partial charge in [0.25, 0.3) is 5.91 Å². The van der Waals surface area contributed by atoms with Gasteiger partial charge in [0, 0.05) is 41.8 Å². The van der Waals surface area contributed by atoms with Gasteiger partial charge in [0.1, 0.15) is 11.8 Å². The van der Waals surface area contributed by atoms with E-state index >= 15 is 0 Å². The lowest BCUT2D eigenvalue weighted by Gasteiger charge is -2.21. The van der Waals surface area contributed by atoms with Crippen LogP contribution in [0.5, 0.6) is 5.75 Å². The Hall–Kier alpha value is -3.97. The van der Waals surface area contributed by atoms with Crippen molar-refractivity contribution in [1.29, 1.82) is 5.26 Å². The number of hydrogen-bond donors (Lipinski definition) is 3. The molecule has 0 spiro atoms. The average molecular weight is 454 g/mol. The molecule has 0 aliphatic carbocycles. The van der Waals surface area contributed by atoms with Crippen molar-refractivity contribution in [2.24, 2.45) is 0 Å². The third-order valence-electron chi connectivity index (χ3n) is 5.62. The normalized spacial score (nSPS) is 16.4. The van der Waals surface area contributed by atoms with Crippen LogP contribution in [0.1, 0.15) is 18.4 Å². The van der Waals surface area contributed by atoms with Gasteiger partial charge in [-0.25, -0.2) is 13.6 Å². The Kier molecular flexibility index (Phi) is 6.24. The van der Waals surface area contributed by atoms with E-state index in [0.717, 1.165) is 35.0 Å². The van der Waals surface area contributed by atoms with Crippen LogP contribution < -0.4 is 15.8 Å². The van der Waals surface area contributed by atoms with Crippen LogP contribution in [-0.4, -0.2) is 40.5 Å². The number of rotatable bonds is 5. The Morgan fingerprint density at radius 1 is 1.27 bits per heavy atom. The number of aromatic amines is 1. The summed E-state index contributed by atoms with van der Waals surface area (Å²) in [6.45, 7) is 0.558. The summed E-state index contributed by atoms with van der Waals surface area (Å²) >= 11 is 0. The molecule has 1 aliphatic rings. The predicted molar refractivity (Wildman–Crippen MR) is 115 cm³/mol. The highest BCUT2D eigenvalue weighted by Crippen LogP contribution is 2.26. The summed E-state index contributed by atoms with van der Waals surface area (Å²) in [5.74, 6) is -2.03. The summed E-state index contributed by atoms with van der Waals surface area (Å²) < 4.78 is 31.6. The maximum Gasteiger partial charge on any atom is 0.417 e. The molecule has 10 heteroatoms. The number of carbonyl (C=O) groups excluding carboxylic acids is 2. The molecule has 2 heterocycles. The Morgan fingerprint density at radius 2 is 2.09 bits per heavy atom. The molecule has 1 saturated heterocycles. The molecule has 4 rings (SSSR count). The van der Waals surface area contributed by atoms with E-state index in [1.54, 1.807) is 29.3 Å². The predicted octanol–water partition coefficient (Wildman–Crippen LogP) is 2.72. The second-order valence-corrected chi connectivity index (χ2v) is 7.88. The van der Waals surface area contributed by atoms with Crippen LogP contribution in [0.4, 0.5) is 19.3 Å². The van der Waals surface area contributed by atoms with Crippen LogP contribution in [0.25, 0.3) is 10.9 Å². The smallest absolute Gasteiger partial charge is 0.410 e. The van der Waals surface area contributed by atoms with Crippen LogP contribution in [0.2, 0.25) is 0 Å². The lowest BCUT2D eigenvalue weighted by molar-refractivity contribution is -0.405. The lowest BCUT2D eigenvalue weighted by atomic mass is 10.0. The van der Waals surface area contributed by atoms with Gasteiger partial charge < -0.3 is 20.4 Å². The minimum Gasteiger partial charge on any atom is -0.410 e. The maximum absolute atomic E-state index is 13.3. The number of fused-ring (bicyclic) bond motifs is 1. The third kappa shape index (κ3) is 4.78. The minimum atomic E-state index is -1.08. The fraction of sp³-hybridized carbons (Fsp3) is 0.261. The molecule has 1 fully saturated rings. The van der Waals surface area contributed by atoms with Crippen molar-refractivity contribution in [1.82, 2.24) is 9.88 Å². The van der Waals surface area contributed by atoms with Crippen molar-refractivity contribution in [3.05, 3.63) is 59.8 Å². The number of hydrogen-bond acceptors (Lipinski definition) is 4. The van der Waals surface area contributed by atoms with E-state index in [4.69, 9.17) is 4.74 Å². The molecule has 1 aromatic heterocycles. The zero-order valence-corrected chi connectivity index (χ0v) is 17.6. The summed E-state index contributed by atoms with van der Waals surface area (Å²) in [7, 11) is 0. The number of benzene rings is 2. The number of nitriles is 1. The zero-order chi connectivity index (χ0) is 23.5. The Morgan fingerprint density at radius 3 is 2.85 bits per heavy atom. The quantitative estimate of drug-likeness (QED) is 0.548. The maximum atomic E-state index is 13.3. The summed E-state index contributed by atoms with van der Waals surface area (Å²) in [6, 6.07) is 9.13. The molecular weight excluding hydrogens is 432 g/mol. The van der Waals surface area contributed by atoms with E-state index in [9.17, 15) is 23.6 Å². The summed E-state index contributed by atoms with van der Waals surface area (Å²) in [6.07, 6.45) is 2.73. The fourth-order valence-electron chi connectivity index (χ4n) is 3.97. The molecule has 1 aliphatic heterocycles. The molecule has 0 bridgehead atoms. The summed E-state index contributed by atoms with van der Waals surface area (Å²) in [5.41, 5.74) is 5.65. The topological polar surface area (TPSA) is 126 Å². The number of likely N-dealkylation sites (tertiary alicyclic amines) is 1. The van der Waals surface area contributed by atoms with Crippen molar-refractivity contribution in [2.45, 2.75) is 31.3 Å². The number of H-pyrrole nitrogens is 1. The van der Waals surface area contributed by atoms with Crippen molar-refractivity contribution in [3.63, 3.8) is 0 Å². The first-order valence-corrected chi connectivity index (χ1v) is 10.4. The Bertz CT molecular complexity index is 1250. The SMILES string of the molecule is N#CC1CCCN1C(=O)C([NH3+])Cc1c[nH]c2ccc(OC(=O)Nc3ccc(F)c(F)c3)cc12. The minimum absolute atomic E-state index is 0.0540. The van der Waals surface area contributed by atoms with Gasteiger partial charge in [-0.2, -0.15) is 5.26 Å². The van der Waals surface area contributed by atoms with Gasteiger partial charge in [-0.05, 0) is 48.7 Å². The van der Waals surface area contributed by atoms with E-state index in [0.29, 0.717) is 19.4 Å². The Labute approximate surface area is 187 Å². The van der Waals surface area contributed by atoms with Crippen molar-refractivity contribution in [2.75, 3.05) is 11.9 Å². The second-order valence-electron chi connectivity index (χ2n) is 7.88. The molecular formula is C23H22F2N5O3+. The molecule has 170 valence electrons. The van der Waals surface area contributed by atoms with E-state index in [-0.39, 0.29) is 17.3 Å². The van der Waals surface area contributed by atoms with Gasteiger partial charge in [0.2, 0.25) is 0 Å². The molecule has 33 heavy (non-hydrogen) atoms. The number of anilines is 1. The van der Waals surface area contributed by atoms with Gasteiger partial charge in [-0.1, -0.05) is 0 Å². The largest absolute Gasteiger partial charge is 0.417 e. The number of amides is 2. The van der Waals surface area contributed by atoms with E-state index in [1.165, 1.54) is 6.07 Å². The first kappa shape index (κ1) is 22.2. The summed E-state index contributed by atoms with van der Waals surface area (Å²) in [5, 5.41) is 12.3. The van der Waals surface area contributed by atoms with Crippen molar-refractivity contribution in [3.8, 4) is 11.8 Å². The number of halogens is 2. The number of nitrogens with one attached hydrogen (secondary N) is 2. The van der Waals surface area contributed by atoms with Crippen LogP contribution >= 0.6 is 0 Å². The van der Waals surface area contributed by atoms with Gasteiger partial charge in [-0.3, -0.25) is 10.1 Å². The van der Waals surface area contributed by atoms with Gasteiger partial charge in [0.05, 0.1) is 6.07 Å². The Balaban J connectivity index is 1.45. The fourth-order valence-corrected chi connectivity index (χ4v) is 3.97. The van der Waals surface area contributed by atoms with E-state index in [1.807, 2.05) is 0 Å². The van der Waals surface area contributed by atoms with Crippen LogP contribution in [0.15, 0.2) is 42.6 Å². The first-order chi connectivity index (χ1) is 15.9. The standard InChI is InChI=1S/C23H21F2N5O3/c24-18-5-3-14(9-19(18)25)29-23(32)33-16-4-6-21-17(10-16)13(12-28-21)8-20(27)22(31)30-7-1-2-15(30)11-26/h3-6,9-10,12,15,20,28H,1-2,7-8,27H2,(H,29,32)/p+1. The number of quaternary nitrogens is 1. The molecule has 2 atom stereocenters. The lowest BCUT2D eigenvalue weighted by Crippen LogP contribution is -2.69. The second kappa shape index (κ2) is 9.26. The van der Waals surface area contributed by atoms with Crippen LogP contribution in [-0.2, 0) is 11.2 Å². The van der Waals surface area contributed by atoms with Crippen molar-refractivity contribution < 1.29 is 28.8 Å². The van der Waals surface area contributed by atoms with Gasteiger partial charge in [0.15, 0.2) is 17.7 Å². The molecule has 0 saturated carbocycles. The molecule has 3 aromatic rings. The molecule has 2 amide bonds. The van der Waals surface area contributed by atoms with Crippen LogP contribution in [0, 0.1) is 23.0 Å². The molecule has 8 nitrogen and oxygen atoms in total. The zero-order valence-electron chi connectivity index (χ0n) is 17.6. The molecule has 0 radical (unpaired) electrons. The monoisotopic (exact) mass is 454 g/mol. The highest BCUT2D eigenvalue weighted by Gasteiger charge is 2.33. The van der Waals surface area contributed by atoms with E-state index < -0.39 is 29.8 Å². The number of ether oxygens (including phenoxy) is 1.